The number of benzene rings is 1. The van der Waals surface area contributed by atoms with E-state index in [9.17, 15) is 8.42 Å². The SMILES string of the molecule is O=S(=O)(c1ccc(Cl)cc1)N1CCCC(c2nnc3ccccn23)C1. The molecule has 0 spiro atoms. The van der Waals surface area contributed by atoms with E-state index in [2.05, 4.69) is 10.2 Å². The number of pyridine rings is 1. The Hall–Kier alpha value is -1.96. The van der Waals surface area contributed by atoms with Crippen LogP contribution < -0.4 is 0 Å². The Labute approximate surface area is 151 Å². The second-order valence-electron chi connectivity index (χ2n) is 6.14. The second kappa shape index (κ2) is 6.40. The molecule has 6 nitrogen and oxygen atoms in total. The number of hydrogen-bond donors (Lipinski definition) is 0. The van der Waals surface area contributed by atoms with Crippen molar-refractivity contribution in [1.82, 2.24) is 18.9 Å². The predicted octanol–water partition coefficient (Wildman–Crippen LogP) is 2.95. The Morgan fingerprint density at radius 3 is 2.68 bits per heavy atom. The molecule has 0 aliphatic carbocycles. The summed E-state index contributed by atoms with van der Waals surface area (Å²) in [5.41, 5.74) is 0.773. The second-order valence-corrected chi connectivity index (χ2v) is 8.52. The van der Waals surface area contributed by atoms with Crippen LogP contribution in [0.1, 0.15) is 24.6 Å². The van der Waals surface area contributed by atoms with Crippen molar-refractivity contribution in [2.24, 2.45) is 0 Å². The fourth-order valence-corrected chi connectivity index (χ4v) is 4.92. The number of rotatable bonds is 3. The number of hydrogen-bond acceptors (Lipinski definition) is 4. The van der Waals surface area contributed by atoms with Gasteiger partial charge >= 0.3 is 0 Å². The number of sulfonamides is 1. The lowest BCUT2D eigenvalue weighted by atomic mass is 9.99. The smallest absolute Gasteiger partial charge is 0.243 e. The van der Waals surface area contributed by atoms with E-state index in [0.717, 1.165) is 24.3 Å². The summed E-state index contributed by atoms with van der Waals surface area (Å²) in [6.07, 6.45) is 3.60. The van der Waals surface area contributed by atoms with Gasteiger partial charge in [-0.1, -0.05) is 17.7 Å². The molecule has 1 aliphatic rings. The highest BCUT2D eigenvalue weighted by Crippen LogP contribution is 2.30. The minimum atomic E-state index is -3.54. The molecule has 1 unspecified atom stereocenters. The van der Waals surface area contributed by atoms with Gasteiger partial charge in [0.25, 0.3) is 0 Å². The summed E-state index contributed by atoms with van der Waals surface area (Å²) in [7, 11) is -3.54. The number of piperidine rings is 1. The molecular weight excluding hydrogens is 360 g/mol. The van der Waals surface area contributed by atoms with E-state index in [1.54, 1.807) is 24.3 Å². The Kier molecular flexibility index (Phi) is 4.23. The third-order valence-electron chi connectivity index (χ3n) is 4.54. The van der Waals surface area contributed by atoms with Crippen LogP contribution in [-0.2, 0) is 10.0 Å². The van der Waals surface area contributed by atoms with Crippen LogP contribution in [-0.4, -0.2) is 40.4 Å². The number of halogens is 1. The molecule has 1 aromatic carbocycles. The van der Waals surface area contributed by atoms with Gasteiger partial charge in [-0.25, -0.2) is 8.42 Å². The molecule has 1 fully saturated rings. The van der Waals surface area contributed by atoms with Crippen LogP contribution in [0.15, 0.2) is 53.6 Å². The average Bonchev–Trinajstić information content (AvgIpc) is 3.06. The topological polar surface area (TPSA) is 67.6 Å². The Morgan fingerprint density at radius 2 is 1.88 bits per heavy atom. The summed E-state index contributed by atoms with van der Waals surface area (Å²) in [6.45, 7) is 0.916. The third kappa shape index (κ3) is 3.03. The maximum absolute atomic E-state index is 12.9. The fourth-order valence-electron chi connectivity index (χ4n) is 3.27. The van der Waals surface area contributed by atoms with Crippen LogP contribution in [0.3, 0.4) is 0 Å². The lowest BCUT2D eigenvalue weighted by Gasteiger charge is -2.31. The van der Waals surface area contributed by atoms with Crippen molar-refractivity contribution >= 4 is 27.3 Å². The van der Waals surface area contributed by atoms with E-state index in [1.165, 1.54) is 4.31 Å². The zero-order valence-electron chi connectivity index (χ0n) is 13.4. The first-order chi connectivity index (χ1) is 12.1. The lowest BCUT2D eigenvalue weighted by molar-refractivity contribution is 0.308. The molecule has 3 aromatic rings. The Bertz CT molecular complexity index is 1000. The van der Waals surface area contributed by atoms with Gasteiger partial charge in [0.15, 0.2) is 5.65 Å². The predicted molar refractivity (Wildman–Crippen MR) is 95.2 cm³/mol. The maximum atomic E-state index is 12.9. The molecule has 25 heavy (non-hydrogen) atoms. The summed E-state index contributed by atoms with van der Waals surface area (Å²) in [4.78, 5) is 0.267. The van der Waals surface area contributed by atoms with Crippen LogP contribution in [0.2, 0.25) is 5.02 Å². The van der Waals surface area contributed by atoms with Crippen molar-refractivity contribution in [1.29, 1.82) is 0 Å². The molecule has 1 aliphatic heterocycles. The van der Waals surface area contributed by atoms with Crippen molar-refractivity contribution in [3.8, 4) is 0 Å². The minimum absolute atomic E-state index is 0.0215. The van der Waals surface area contributed by atoms with Crippen LogP contribution >= 0.6 is 11.6 Å². The Balaban J connectivity index is 1.63. The normalized spacial score (nSPS) is 19.3. The number of fused-ring (bicyclic) bond motifs is 1. The number of aromatic nitrogens is 3. The summed E-state index contributed by atoms with van der Waals surface area (Å²) >= 11 is 5.87. The fraction of sp³-hybridized carbons (Fsp3) is 0.294. The molecule has 0 bridgehead atoms. The first-order valence-electron chi connectivity index (χ1n) is 8.11. The molecule has 8 heteroatoms. The van der Waals surface area contributed by atoms with E-state index in [-0.39, 0.29) is 10.8 Å². The molecule has 0 saturated carbocycles. The van der Waals surface area contributed by atoms with Crippen LogP contribution in [0.5, 0.6) is 0 Å². The summed E-state index contributed by atoms with van der Waals surface area (Å²) in [5.74, 6) is 0.833. The number of nitrogens with zero attached hydrogens (tertiary/aromatic N) is 4. The van der Waals surface area contributed by atoms with Gasteiger partial charge in [0.05, 0.1) is 4.90 Å². The van der Waals surface area contributed by atoms with E-state index in [0.29, 0.717) is 18.1 Å². The molecular formula is C17H17ClN4O2S. The summed E-state index contributed by atoms with van der Waals surface area (Å²) < 4.78 is 29.3. The zero-order valence-corrected chi connectivity index (χ0v) is 15.0. The molecule has 3 heterocycles. The molecule has 1 saturated heterocycles. The standard InChI is InChI=1S/C17H17ClN4O2S/c18-14-6-8-15(9-7-14)25(23,24)21-10-3-4-13(12-21)17-20-19-16-5-1-2-11-22(16)17/h1-2,5-9,11,13H,3-4,10,12H2. The van der Waals surface area contributed by atoms with Crippen LogP contribution in [0.4, 0.5) is 0 Å². The maximum Gasteiger partial charge on any atom is 0.243 e. The van der Waals surface area contributed by atoms with Gasteiger partial charge < -0.3 is 0 Å². The van der Waals surface area contributed by atoms with Gasteiger partial charge in [-0.05, 0) is 49.2 Å². The van der Waals surface area contributed by atoms with Crippen molar-refractivity contribution in [2.75, 3.05) is 13.1 Å². The van der Waals surface area contributed by atoms with Gasteiger partial charge in [0.1, 0.15) is 5.82 Å². The third-order valence-corrected chi connectivity index (χ3v) is 6.67. The molecule has 0 N–H and O–H groups in total. The van der Waals surface area contributed by atoms with Gasteiger partial charge in [-0.3, -0.25) is 4.40 Å². The molecule has 130 valence electrons. The van der Waals surface area contributed by atoms with Gasteiger partial charge in [-0.15, -0.1) is 10.2 Å². The highest BCUT2D eigenvalue weighted by atomic mass is 35.5. The molecule has 0 amide bonds. The summed E-state index contributed by atoms with van der Waals surface area (Å²) in [5, 5.41) is 8.99. The molecule has 4 rings (SSSR count). The van der Waals surface area contributed by atoms with Crippen molar-refractivity contribution in [2.45, 2.75) is 23.7 Å². The van der Waals surface area contributed by atoms with E-state index < -0.39 is 10.0 Å². The first-order valence-corrected chi connectivity index (χ1v) is 9.93. The van der Waals surface area contributed by atoms with E-state index >= 15 is 0 Å². The van der Waals surface area contributed by atoms with Gasteiger partial charge in [0.2, 0.25) is 10.0 Å². The molecule has 2 aromatic heterocycles. The average molecular weight is 377 g/mol. The van der Waals surface area contributed by atoms with Crippen molar-refractivity contribution < 1.29 is 8.42 Å². The first kappa shape index (κ1) is 16.5. The quantitative estimate of drug-likeness (QED) is 0.704. The highest BCUT2D eigenvalue weighted by molar-refractivity contribution is 7.89. The van der Waals surface area contributed by atoms with Crippen LogP contribution in [0.25, 0.3) is 5.65 Å². The minimum Gasteiger partial charge on any atom is -0.286 e. The Morgan fingerprint density at radius 1 is 1.08 bits per heavy atom. The van der Waals surface area contributed by atoms with Crippen LogP contribution in [0, 0.1) is 0 Å². The largest absolute Gasteiger partial charge is 0.286 e. The van der Waals surface area contributed by atoms with E-state index in [1.807, 2.05) is 28.8 Å². The zero-order chi connectivity index (χ0) is 17.4. The lowest BCUT2D eigenvalue weighted by Crippen LogP contribution is -2.39. The van der Waals surface area contributed by atoms with E-state index in [4.69, 9.17) is 11.6 Å². The summed E-state index contributed by atoms with van der Waals surface area (Å²) in [6, 6.07) is 12.0. The molecule has 0 radical (unpaired) electrons. The van der Waals surface area contributed by atoms with Gasteiger partial charge in [0, 0.05) is 30.2 Å². The molecule has 1 atom stereocenters. The monoisotopic (exact) mass is 376 g/mol. The van der Waals surface area contributed by atoms with Crippen molar-refractivity contribution in [3.05, 3.63) is 59.5 Å². The van der Waals surface area contributed by atoms with Crippen molar-refractivity contribution in [3.63, 3.8) is 0 Å². The van der Waals surface area contributed by atoms with Gasteiger partial charge in [-0.2, -0.15) is 4.31 Å². The highest BCUT2D eigenvalue weighted by Gasteiger charge is 2.32.